The zero-order chi connectivity index (χ0) is 26.5. The van der Waals surface area contributed by atoms with Crippen molar-refractivity contribution >= 4 is 56.5 Å². The van der Waals surface area contributed by atoms with Crippen LogP contribution in [0.1, 0.15) is 33.6 Å². The van der Waals surface area contributed by atoms with Gasteiger partial charge in [-0.2, -0.15) is 0 Å². The molecule has 200 valence electrons. The lowest BCUT2D eigenvalue weighted by Gasteiger charge is -2.37. The highest BCUT2D eigenvalue weighted by Gasteiger charge is 2.76. The van der Waals surface area contributed by atoms with Gasteiger partial charge in [0.05, 0.1) is 41.4 Å². The maximum Gasteiger partial charge on any atom is 0.310 e. The molecule has 0 aliphatic carbocycles. The highest BCUT2D eigenvalue weighted by molar-refractivity contribution is 9.09. The second-order valence-corrected chi connectivity index (χ2v) is 13.1. The van der Waals surface area contributed by atoms with E-state index in [0.717, 1.165) is 11.0 Å². The van der Waals surface area contributed by atoms with Crippen LogP contribution in [-0.4, -0.2) is 82.9 Å². The van der Waals surface area contributed by atoms with Gasteiger partial charge in [-0.25, -0.2) is 4.68 Å². The Labute approximate surface area is 228 Å². The standard InChI is InChI=1S/C25H32BrN5O5S/c1-4-36-24(35)18-19-23(34)31(14(11-32)9-13(2)3)21(25(19)10-15(26)20(18)37-25)22(33)27-12-30-17-8-6-5-7-16(17)28-29-30/h5-8,13-15,18-21,32H,4,9-12H2,1-3H3,(H,27,33)/t14-,15?,18+,19+,20+,21?,25?/m1/s1. The zero-order valence-electron chi connectivity index (χ0n) is 21.0. The number of aliphatic hydroxyl groups excluding tert-OH is 1. The van der Waals surface area contributed by atoms with Gasteiger partial charge in [-0.15, -0.1) is 16.9 Å². The molecule has 5 rings (SSSR count). The Kier molecular flexibility index (Phi) is 7.27. The van der Waals surface area contributed by atoms with E-state index in [1.165, 1.54) is 0 Å². The number of para-hydroxylation sites is 1. The van der Waals surface area contributed by atoms with Crippen molar-refractivity contribution in [1.29, 1.82) is 0 Å². The molecule has 3 aliphatic rings. The van der Waals surface area contributed by atoms with Crippen LogP contribution in [0.5, 0.6) is 0 Å². The predicted molar refractivity (Wildman–Crippen MR) is 142 cm³/mol. The first kappa shape index (κ1) is 26.4. The topological polar surface area (TPSA) is 127 Å². The molecular formula is C25H32BrN5O5S. The third kappa shape index (κ3) is 4.24. The van der Waals surface area contributed by atoms with Gasteiger partial charge in [-0.05, 0) is 37.8 Å². The van der Waals surface area contributed by atoms with E-state index in [2.05, 4.69) is 31.6 Å². The second-order valence-electron chi connectivity index (χ2n) is 10.4. The molecule has 3 saturated heterocycles. The number of fused-ring (bicyclic) bond motifs is 2. The van der Waals surface area contributed by atoms with Crippen molar-refractivity contribution in [3.05, 3.63) is 24.3 Å². The van der Waals surface area contributed by atoms with Crippen molar-refractivity contribution in [2.45, 2.75) is 67.2 Å². The summed E-state index contributed by atoms with van der Waals surface area (Å²) in [5.41, 5.74) is 1.50. The molecule has 3 aliphatic heterocycles. The molecule has 1 aromatic heterocycles. The fourth-order valence-electron chi connectivity index (χ4n) is 6.37. The zero-order valence-corrected chi connectivity index (χ0v) is 23.4. The van der Waals surface area contributed by atoms with E-state index < -0.39 is 34.6 Å². The fraction of sp³-hybridized carbons (Fsp3) is 0.640. The molecule has 37 heavy (non-hydrogen) atoms. The number of hydrogen-bond donors (Lipinski definition) is 2. The summed E-state index contributed by atoms with van der Waals surface area (Å²) < 4.78 is 6.19. The largest absolute Gasteiger partial charge is 0.466 e. The molecular weight excluding hydrogens is 562 g/mol. The molecule has 2 N–H and O–H groups in total. The lowest BCUT2D eigenvalue weighted by molar-refractivity contribution is -0.154. The van der Waals surface area contributed by atoms with E-state index in [1.807, 2.05) is 38.1 Å². The van der Waals surface area contributed by atoms with Gasteiger partial charge in [0.2, 0.25) is 11.8 Å². The number of halogens is 1. The Morgan fingerprint density at radius 3 is 2.81 bits per heavy atom. The summed E-state index contributed by atoms with van der Waals surface area (Å²) in [6, 6.07) is 6.09. The number of aromatic nitrogens is 3. The van der Waals surface area contributed by atoms with Crippen molar-refractivity contribution < 1.29 is 24.2 Å². The van der Waals surface area contributed by atoms with Crippen molar-refractivity contribution in [2.75, 3.05) is 13.2 Å². The lowest BCUT2D eigenvalue weighted by atomic mass is 9.71. The summed E-state index contributed by atoms with van der Waals surface area (Å²) in [6.07, 6.45) is 1.10. The smallest absolute Gasteiger partial charge is 0.310 e. The van der Waals surface area contributed by atoms with Gasteiger partial charge in [0, 0.05) is 10.1 Å². The van der Waals surface area contributed by atoms with Gasteiger partial charge in [-0.3, -0.25) is 14.4 Å². The van der Waals surface area contributed by atoms with E-state index in [9.17, 15) is 19.5 Å². The number of rotatable bonds is 9. The van der Waals surface area contributed by atoms with Crippen LogP contribution < -0.4 is 5.32 Å². The SMILES string of the molecule is CCOC(=O)[C@H]1[C@H]2C(=O)N([C@@H](CO)CC(C)C)C(C(=O)NCn3nnc4ccccc43)C23CC(Br)[C@@H]1S3. The molecule has 2 bridgehead atoms. The summed E-state index contributed by atoms with van der Waals surface area (Å²) in [4.78, 5) is 42.7. The monoisotopic (exact) mass is 593 g/mol. The number of ether oxygens (including phenoxy) is 1. The Bertz CT molecular complexity index is 1210. The first-order valence-corrected chi connectivity index (χ1v) is 14.5. The van der Waals surface area contributed by atoms with Gasteiger partial charge in [0.1, 0.15) is 18.2 Å². The highest BCUT2D eigenvalue weighted by Crippen LogP contribution is 2.68. The maximum atomic E-state index is 14.1. The van der Waals surface area contributed by atoms with Crippen LogP contribution in [0.25, 0.3) is 11.0 Å². The number of carbonyl (C=O) groups excluding carboxylic acids is 3. The third-order valence-corrected chi connectivity index (χ3v) is 10.9. The van der Waals surface area contributed by atoms with Crippen LogP contribution in [0.2, 0.25) is 0 Å². The number of amides is 2. The normalized spacial score (nSPS) is 31.2. The average molecular weight is 595 g/mol. The molecule has 3 fully saturated rings. The Balaban J connectivity index is 1.50. The van der Waals surface area contributed by atoms with Crippen LogP contribution in [0.15, 0.2) is 24.3 Å². The van der Waals surface area contributed by atoms with Gasteiger partial charge in [0.15, 0.2) is 0 Å². The van der Waals surface area contributed by atoms with E-state index in [4.69, 9.17) is 4.74 Å². The number of hydrogen-bond acceptors (Lipinski definition) is 8. The molecule has 0 radical (unpaired) electrons. The fourth-order valence-corrected chi connectivity index (χ4v) is 9.96. The van der Waals surface area contributed by atoms with Gasteiger partial charge in [0.25, 0.3) is 0 Å². The van der Waals surface area contributed by atoms with Crippen LogP contribution >= 0.6 is 27.7 Å². The van der Waals surface area contributed by atoms with Crippen molar-refractivity contribution in [3.8, 4) is 0 Å². The van der Waals surface area contributed by atoms with E-state index in [-0.39, 0.29) is 47.7 Å². The lowest BCUT2D eigenvalue weighted by Crippen LogP contribution is -2.57. The molecule has 4 heterocycles. The minimum Gasteiger partial charge on any atom is -0.466 e. The van der Waals surface area contributed by atoms with E-state index in [1.54, 1.807) is 28.3 Å². The third-order valence-electron chi connectivity index (χ3n) is 7.71. The molecule has 10 nitrogen and oxygen atoms in total. The molecule has 12 heteroatoms. The van der Waals surface area contributed by atoms with Crippen molar-refractivity contribution in [1.82, 2.24) is 25.2 Å². The summed E-state index contributed by atoms with van der Waals surface area (Å²) in [5.74, 6) is -2.10. The Hall–Kier alpha value is -2.18. The first-order valence-electron chi connectivity index (χ1n) is 12.7. The van der Waals surface area contributed by atoms with Crippen LogP contribution in [0.3, 0.4) is 0 Å². The van der Waals surface area contributed by atoms with Gasteiger partial charge in [-0.1, -0.05) is 47.1 Å². The van der Waals surface area contributed by atoms with Crippen molar-refractivity contribution in [3.63, 3.8) is 0 Å². The van der Waals surface area contributed by atoms with E-state index >= 15 is 0 Å². The molecule has 2 aromatic rings. The van der Waals surface area contributed by atoms with Crippen LogP contribution in [0.4, 0.5) is 0 Å². The quantitative estimate of drug-likeness (QED) is 0.333. The minimum absolute atomic E-state index is 0.0388. The summed E-state index contributed by atoms with van der Waals surface area (Å²) >= 11 is 5.28. The minimum atomic E-state index is -0.842. The van der Waals surface area contributed by atoms with Gasteiger partial charge >= 0.3 is 5.97 Å². The van der Waals surface area contributed by atoms with Crippen molar-refractivity contribution in [2.24, 2.45) is 17.8 Å². The number of carbonyl (C=O) groups is 3. The molecule has 7 atom stereocenters. The Morgan fingerprint density at radius 1 is 1.35 bits per heavy atom. The molecule has 3 unspecified atom stereocenters. The molecule has 1 spiro atoms. The van der Waals surface area contributed by atoms with Gasteiger partial charge < -0.3 is 20.1 Å². The number of thioether (sulfide) groups is 1. The highest BCUT2D eigenvalue weighted by atomic mass is 79.9. The Morgan fingerprint density at radius 2 is 2.11 bits per heavy atom. The summed E-state index contributed by atoms with van der Waals surface area (Å²) in [7, 11) is 0. The number of benzene rings is 1. The first-order chi connectivity index (χ1) is 17.7. The number of alkyl halides is 1. The summed E-state index contributed by atoms with van der Waals surface area (Å²) in [5, 5.41) is 21.5. The number of aliphatic hydroxyl groups is 1. The van der Waals surface area contributed by atoms with Crippen LogP contribution in [0, 0.1) is 17.8 Å². The van der Waals surface area contributed by atoms with E-state index in [0.29, 0.717) is 12.8 Å². The predicted octanol–water partition coefficient (Wildman–Crippen LogP) is 1.94. The molecule has 2 amide bonds. The average Bonchev–Trinajstić information content (AvgIpc) is 3.58. The molecule has 0 saturated carbocycles. The number of nitrogens with one attached hydrogen (secondary N) is 1. The second kappa shape index (κ2) is 10.2. The maximum absolute atomic E-state index is 14.1. The van der Waals surface area contributed by atoms with Crippen LogP contribution in [-0.2, 0) is 25.8 Å². The summed E-state index contributed by atoms with van der Waals surface area (Å²) in [6.45, 7) is 5.82. The number of esters is 1. The number of likely N-dealkylation sites (tertiary alicyclic amines) is 1. The molecule has 1 aromatic carbocycles. The number of nitrogens with zero attached hydrogens (tertiary/aromatic N) is 4.